The number of aryl methyl sites for hydroxylation is 2. The maximum absolute atomic E-state index is 4.78. The normalized spacial score (nSPS) is 22.4. The van der Waals surface area contributed by atoms with Crippen molar-refractivity contribution in [1.29, 1.82) is 0 Å². The van der Waals surface area contributed by atoms with Crippen molar-refractivity contribution in [2.24, 2.45) is 0 Å². The summed E-state index contributed by atoms with van der Waals surface area (Å²) in [4.78, 5) is 21.7. The van der Waals surface area contributed by atoms with E-state index in [1.807, 2.05) is 13.1 Å². The number of pyridine rings is 1. The molecule has 0 bridgehead atoms. The van der Waals surface area contributed by atoms with Crippen LogP contribution in [0.15, 0.2) is 24.4 Å². The van der Waals surface area contributed by atoms with Crippen LogP contribution in [0.5, 0.6) is 0 Å². The fourth-order valence-corrected chi connectivity index (χ4v) is 5.06. The number of fused-ring (bicyclic) bond motifs is 1. The first kappa shape index (κ1) is 21.2. The molecular formula is C24H36N6. The molecule has 1 fully saturated rings. The molecule has 0 spiro atoms. The zero-order chi connectivity index (χ0) is 21.1. The lowest BCUT2D eigenvalue weighted by Crippen LogP contribution is -2.52. The van der Waals surface area contributed by atoms with Gasteiger partial charge in [-0.3, -0.25) is 14.8 Å². The second-order valence-corrected chi connectivity index (χ2v) is 8.97. The summed E-state index contributed by atoms with van der Waals surface area (Å²) in [7, 11) is 2.21. The minimum absolute atomic E-state index is 0.367. The maximum Gasteiger partial charge on any atom is 0.132 e. The first-order valence-corrected chi connectivity index (χ1v) is 11.5. The van der Waals surface area contributed by atoms with Gasteiger partial charge in [-0.1, -0.05) is 13.0 Å². The highest BCUT2D eigenvalue weighted by Gasteiger charge is 2.27. The molecule has 3 heterocycles. The third-order valence-corrected chi connectivity index (χ3v) is 6.59. The Balaban J connectivity index is 1.48. The summed E-state index contributed by atoms with van der Waals surface area (Å²) in [6, 6.07) is 7.42. The highest BCUT2D eigenvalue weighted by atomic mass is 15.3. The van der Waals surface area contributed by atoms with Gasteiger partial charge in [-0.2, -0.15) is 0 Å². The van der Waals surface area contributed by atoms with Crippen molar-refractivity contribution in [2.75, 3.05) is 38.1 Å². The minimum atomic E-state index is 0.367. The first-order valence-electron chi connectivity index (χ1n) is 11.5. The van der Waals surface area contributed by atoms with Crippen LogP contribution >= 0.6 is 0 Å². The Morgan fingerprint density at radius 2 is 2.10 bits per heavy atom. The standard InChI is InChI=1S/C24H36N6/c1-5-12-29-13-14-30(16-18(29)2)23-15-21(26-19(3)27-23)17-28(4)22-10-6-8-20-9-7-11-25-24(20)22/h7,9,11,15,18,22H,5-6,8,10,12-14,16-17H2,1-4H3/t18-,22-/m0/s1. The lowest BCUT2D eigenvalue weighted by Gasteiger charge is -2.40. The maximum atomic E-state index is 4.78. The summed E-state index contributed by atoms with van der Waals surface area (Å²) in [6.07, 6.45) is 6.67. The second-order valence-electron chi connectivity index (χ2n) is 8.97. The molecule has 1 aliphatic heterocycles. The Hall–Kier alpha value is -2.05. The molecule has 2 aliphatic rings. The molecule has 6 heteroatoms. The van der Waals surface area contributed by atoms with Gasteiger partial charge in [0.1, 0.15) is 11.6 Å². The van der Waals surface area contributed by atoms with Crippen LogP contribution in [-0.4, -0.2) is 64.0 Å². The Morgan fingerprint density at radius 3 is 2.90 bits per heavy atom. The molecule has 2 aromatic heterocycles. The van der Waals surface area contributed by atoms with Crippen LogP contribution in [0.1, 0.15) is 61.9 Å². The SMILES string of the molecule is CCCN1CCN(c2cc(CN(C)[C@H]3CCCc4cccnc43)nc(C)n2)C[C@@H]1C. The molecule has 0 radical (unpaired) electrons. The van der Waals surface area contributed by atoms with Gasteiger partial charge < -0.3 is 4.90 Å². The van der Waals surface area contributed by atoms with Gasteiger partial charge in [-0.25, -0.2) is 9.97 Å². The molecule has 1 saturated heterocycles. The van der Waals surface area contributed by atoms with E-state index in [0.717, 1.165) is 56.4 Å². The van der Waals surface area contributed by atoms with Crippen LogP contribution in [0.2, 0.25) is 0 Å². The molecule has 1 aliphatic carbocycles. The number of anilines is 1. The molecule has 4 rings (SSSR count). The van der Waals surface area contributed by atoms with Gasteiger partial charge in [0.15, 0.2) is 0 Å². The van der Waals surface area contributed by atoms with Crippen LogP contribution in [0.3, 0.4) is 0 Å². The van der Waals surface area contributed by atoms with Crippen LogP contribution < -0.4 is 4.90 Å². The number of piperazine rings is 1. The average molecular weight is 409 g/mol. The third-order valence-electron chi connectivity index (χ3n) is 6.59. The molecule has 0 aromatic carbocycles. The summed E-state index contributed by atoms with van der Waals surface area (Å²) in [5, 5.41) is 0. The lowest BCUT2D eigenvalue weighted by molar-refractivity contribution is 0.189. The van der Waals surface area contributed by atoms with E-state index in [2.05, 4.69) is 53.8 Å². The van der Waals surface area contributed by atoms with Crippen molar-refractivity contribution in [1.82, 2.24) is 24.8 Å². The lowest BCUT2D eigenvalue weighted by atomic mass is 9.91. The Bertz CT molecular complexity index is 853. The monoisotopic (exact) mass is 408 g/mol. The van der Waals surface area contributed by atoms with Crippen molar-refractivity contribution in [2.45, 2.75) is 65.1 Å². The van der Waals surface area contributed by atoms with Gasteiger partial charge in [-0.15, -0.1) is 0 Å². The summed E-state index contributed by atoms with van der Waals surface area (Å²) in [5.74, 6) is 1.94. The number of hydrogen-bond donors (Lipinski definition) is 0. The van der Waals surface area contributed by atoms with Gasteiger partial charge in [0.2, 0.25) is 0 Å². The van der Waals surface area contributed by atoms with E-state index in [0.29, 0.717) is 12.1 Å². The van der Waals surface area contributed by atoms with Crippen LogP contribution in [0, 0.1) is 6.92 Å². The molecule has 2 aromatic rings. The Kier molecular flexibility index (Phi) is 6.64. The highest BCUT2D eigenvalue weighted by molar-refractivity contribution is 5.41. The minimum Gasteiger partial charge on any atom is -0.354 e. The van der Waals surface area contributed by atoms with Gasteiger partial charge in [0.05, 0.1) is 17.4 Å². The molecule has 0 N–H and O–H groups in total. The number of hydrogen-bond acceptors (Lipinski definition) is 6. The second kappa shape index (κ2) is 9.40. The van der Waals surface area contributed by atoms with E-state index in [-0.39, 0.29) is 0 Å². The fraction of sp³-hybridized carbons (Fsp3) is 0.625. The summed E-state index contributed by atoms with van der Waals surface area (Å²) < 4.78 is 0. The van der Waals surface area contributed by atoms with E-state index in [9.17, 15) is 0 Å². The third kappa shape index (κ3) is 4.65. The topological polar surface area (TPSA) is 48.4 Å². The Morgan fingerprint density at radius 1 is 1.23 bits per heavy atom. The summed E-state index contributed by atoms with van der Waals surface area (Å²) in [5.41, 5.74) is 3.75. The molecular weight excluding hydrogens is 372 g/mol. The van der Waals surface area contributed by atoms with Crippen molar-refractivity contribution < 1.29 is 0 Å². The predicted molar refractivity (Wildman–Crippen MR) is 122 cm³/mol. The zero-order valence-corrected chi connectivity index (χ0v) is 19.0. The molecule has 0 amide bonds. The first-order chi connectivity index (χ1) is 14.5. The summed E-state index contributed by atoms with van der Waals surface area (Å²) >= 11 is 0. The molecule has 162 valence electrons. The van der Waals surface area contributed by atoms with E-state index >= 15 is 0 Å². The van der Waals surface area contributed by atoms with E-state index in [1.54, 1.807) is 0 Å². The largest absolute Gasteiger partial charge is 0.354 e. The van der Waals surface area contributed by atoms with Crippen molar-refractivity contribution in [3.63, 3.8) is 0 Å². The highest BCUT2D eigenvalue weighted by Crippen LogP contribution is 2.32. The molecule has 30 heavy (non-hydrogen) atoms. The van der Waals surface area contributed by atoms with Crippen LogP contribution in [-0.2, 0) is 13.0 Å². The summed E-state index contributed by atoms with van der Waals surface area (Å²) in [6.45, 7) is 11.8. The number of rotatable bonds is 6. The van der Waals surface area contributed by atoms with Gasteiger partial charge in [-0.05, 0) is 64.8 Å². The average Bonchev–Trinajstić information content (AvgIpc) is 2.74. The van der Waals surface area contributed by atoms with Crippen molar-refractivity contribution in [3.05, 3.63) is 47.2 Å². The molecule has 2 atom stereocenters. The number of nitrogens with zero attached hydrogens (tertiary/aromatic N) is 6. The van der Waals surface area contributed by atoms with Crippen molar-refractivity contribution >= 4 is 5.82 Å². The molecule has 6 nitrogen and oxygen atoms in total. The van der Waals surface area contributed by atoms with Gasteiger partial charge in [0.25, 0.3) is 0 Å². The zero-order valence-electron chi connectivity index (χ0n) is 19.0. The smallest absolute Gasteiger partial charge is 0.132 e. The van der Waals surface area contributed by atoms with Crippen molar-refractivity contribution in [3.8, 4) is 0 Å². The van der Waals surface area contributed by atoms with E-state index < -0.39 is 0 Å². The quantitative estimate of drug-likeness (QED) is 0.728. The Labute approximate surface area is 181 Å². The fourth-order valence-electron chi connectivity index (χ4n) is 5.06. The van der Waals surface area contributed by atoms with Gasteiger partial charge in [0, 0.05) is 44.5 Å². The predicted octanol–water partition coefficient (Wildman–Crippen LogP) is 3.61. The van der Waals surface area contributed by atoms with E-state index in [4.69, 9.17) is 15.0 Å². The molecule has 0 saturated carbocycles. The molecule has 0 unspecified atom stereocenters. The van der Waals surface area contributed by atoms with Gasteiger partial charge >= 0.3 is 0 Å². The van der Waals surface area contributed by atoms with Crippen LogP contribution in [0.25, 0.3) is 0 Å². The van der Waals surface area contributed by atoms with Crippen LogP contribution in [0.4, 0.5) is 5.82 Å². The van der Waals surface area contributed by atoms with E-state index in [1.165, 1.54) is 30.6 Å². The number of aromatic nitrogens is 3.